The van der Waals surface area contributed by atoms with E-state index in [2.05, 4.69) is 20.2 Å². The second-order valence-electron chi connectivity index (χ2n) is 4.04. The second kappa shape index (κ2) is 3.61. The first kappa shape index (κ1) is 9.36. The minimum Gasteiger partial charge on any atom is -0.341 e. The van der Waals surface area contributed by atoms with Crippen molar-refractivity contribution < 1.29 is 0 Å². The smallest absolute Gasteiger partial charge is 0.227 e. The Labute approximate surface area is 93.7 Å². The van der Waals surface area contributed by atoms with E-state index >= 15 is 0 Å². The number of nitrogens with zero attached hydrogens (tertiary/aromatic N) is 3. The van der Waals surface area contributed by atoms with Gasteiger partial charge in [0.2, 0.25) is 5.95 Å². The first-order valence-electron chi connectivity index (χ1n) is 5.35. The molecule has 0 aliphatic carbocycles. The summed E-state index contributed by atoms with van der Waals surface area (Å²) in [5, 5.41) is 3.86. The van der Waals surface area contributed by atoms with Gasteiger partial charge in [0.15, 0.2) is 0 Å². The lowest BCUT2D eigenvalue weighted by Crippen LogP contribution is -2.21. The number of anilines is 1. The largest absolute Gasteiger partial charge is 0.341 e. The number of nitrogens with one attached hydrogen (secondary N) is 1. The van der Waals surface area contributed by atoms with Crippen molar-refractivity contribution >= 4 is 17.5 Å². The Balaban J connectivity index is 1.99. The van der Waals surface area contributed by atoms with Crippen LogP contribution in [0.1, 0.15) is 24.1 Å². The van der Waals surface area contributed by atoms with Crippen LogP contribution in [0.2, 0.25) is 5.15 Å². The van der Waals surface area contributed by atoms with Crippen molar-refractivity contribution in [2.24, 2.45) is 0 Å². The lowest BCUT2D eigenvalue weighted by atomic mass is 10.3. The van der Waals surface area contributed by atoms with Gasteiger partial charge in [0.05, 0.1) is 5.69 Å². The molecular formula is C10H13ClN4. The minimum atomic E-state index is 0.618. The summed E-state index contributed by atoms with van der Waals surface area (Å²) in [6.45, 7) is 3.73. The van der Waals surface area contributed by atoms with Crippen molar-refractivity contribution in [1.29, 1.82) is 0 Å². The highest BCUT2D eigenvalue weighted by atomic mass is 35.5. The number of fused-ring (bicyclic) bond motifs is 1. The number of rotatable bonds is 1. The van der Waals surface area contributed by atoms with E-state index in [0.29, 0.717) is 5.15 Å². The average Bonchev–Trinajstić information content (AvgIpc) is 2.88. The van der Waals surface area contributed by atoms with Gasteiger partial charge < -0.3 is 10.2 Å². The molecular weight excluding hydrogens is 212 g/mol. The fourth-order valence-electron chi connectivity index (χ4n) is 2.17. The normalized spacial score (nSPS) is 19.7. The van der Waals surface area contributed by atoms with Crippen LogP contribution in [0.5, 0.6) is 0 Å². The molecule has 80 valence electrons. The molecule has 1 fully saturated rings. The summed E-state index contributed by atoms with van der Waals surface area (Å²) in [5.74, 6) is 0.806. The summed E-state index contributed by atoms with van der Waals surface area (Å²) in [6, 6.07) is 0. The highest BCUT2D eigenvalue weighted by molar-refractivity contribution is 6.30. The van der Waals surface area contributed by atoms with Gasteiger partial charge in [-0.25, -0.2) is 9.97 Å². The van der Waals surface area contributed by atoms with Crippen molar-refractivity contribution in [3.8, 4) is 0 Å². The van der Waals surface area contributed by atoms with E-state index in [9.17, 15) is 0 Å². The molecule has 2 aliphatic rings. The molecule has 0 saturated carbocycles. The van der Waals surface area contributed by atoms with E-state index in [1.165, 1.54) is 12.8 Å². The van der Waals surface area contributed by atoms with Crippen LogP contribution < -0.4 is 10.2 Å². The Morgan fingerprint density at radius 2 is 1.93 bits per heavy atom. The topological polar surface area (TPSA) is 41.1 Å². The molecule has 0 bridgehead atoms. The van der Waals surface area contributed by atoms with Crippen LogP contribution >= 0.6 is 11.6 Å². The van der Waals surface area contributed by atoms with E-state index in [1.54, 1.807) is 0 Å². The molecule has 0 unspecified atom stereocenters. The number of hydrogen-bond acceptors (Lipinski definition) is 4. The summed E-state index contributed by atoms with van der Waals surface area (Å²) < 4.78 is 0. The Morgan fingerprint density at radius 1 is 1.13 bits per heavy atom. The molecule has 3 heterocycles. The van der Waals surface area contributed by atoms with Gasteiger partial charge in [-0.15, -0.1) is 0 Å². The third-order valence-electron chi connectivity index (χ3n) is 3.01. The maximum absolute atomic E-state index is 6.14. The highest BCUT2D eigenvalue weighted by Crippen LogP contribution is 2.25. The molecule has 0 atom stereocenters. The molecule has 15 heavy (non-hydrogen) atoms. The van der Waals surface area contributed by atoms with Crippen LogP contribution in [0, 0.1) is 0 Å². The van der Waals surface area contributed by atoms with Crippen LogP contribution in [-0.2, 0) is 13.1 Å². The van der Waals surface area contributed by atoms with Crippen molar-refractivity contribution in [2.75, 3.05) is 18.0 Å². The number of hydrogen-bond donors (Lipinski definition) is 1. The molecule has 1 N–H and O–H groups in total. The maximum Gasteiger partial charge on any atom is 0.227 e. The molecule has 4 nitrogen and oxygen atoms in total. The van der Waals surface area contributed by atoms with Gasteiger partial charge in [-0.05, 0) is 12.8 Å². The lowest BCUT2D eigenvalue weighted by molar-refractivity contribution is 0.756. The second-order valence-corrected chi connectivity index (χ2v) is 4.40. The third-order valence-corrected chi connectivity index (χ3v) is 3.33. The fraction of sp³-hybridized carbons (Fsp3) is 0.600. The van der Waals surface area contributed by atoms with Crippen molar-refractivity contribution in [2.45, 2.75) is 25.9 Å². The van der Waals surface area contributed by atoms with Gasteiger partial charge in [-0.1, -0.05) is 11.6 Å². The molecule has 3 rings (SSSR count). The summed E-state index contributed by atoms with van der Waals surface area (Å²) in [6.07, 6.45) is 2.46. The summed E-state index contributed by atoms with van der Waals surface area (Å²) in [4.78, 5) is 11.1. The summed E-state index contributed by atoms with van der Waals surface area (Å²) in [7, 11) is 0. The van der Waals surface area contributed by atoms with Crippen LogP contribution in [0.4, 0.5) is 5.95 Å². The maximum atomic E-state index is 6.14. The third kappa shape index (κ3) is 1.58. The van der Waals surface area contributed by atoms with Crippen LogP contribution in [0.15, 0.2) is 0 Å². The Bertz CT molecular complexity index is 387. The van der Waals surface area contributed by atoms with E-state index in [0.717, 1.165) is 43.4 Å². The Kier molecular flexibility index (Phi) is 2.25. The zero-order chi connectivity index (χ0) is 10.3. The van der Waals surface area contributed by atoms with Crippen molar-refractivity contribution in [1.82, 2.24) is 15.3 Å². The van der Waals surface area contributed by atoms with E-state index < -0.39 is 0 Å². The van der Waals surface area contributed by atoms with Crippen LogP contribution in [0.25, 0.3) is 0 Å². The number of halogens is 1. The van der Waals surface area contributed by atoms with Crippen LogP contribution in [0.3, 0.4) is 0 Å². The molecule has 0 amide bonds. The molecule has 1 saturated heterocycles. The zero-order valence-electron chi connectivity index (χ0n) is 8.46. The predicted octanol–water partition coefficient (Wildman–Crippen LogP) is 1.33. The van der Waals surface area contributed by atoms with Gasteiger partial charge in [0, 0.05) is 31.7 Å². The van der Waals surface area contributed by atoms with Gasteiger partial charge in [-0.2, -0.15) is 0 Å². The highest BCUT2D eigenvalue weighted by Gasteiger charge is 2.21. The molecule has 5 heteroatoms. The molecule has 0 spiro atoms. The summed E-state index contributed by atoms with van der Waals surface area (Å²) in [5.41, 5.74) is 2.14. The van der Waals surface area contributed by atoms with Crippen molar-refractivity contribution in [3.63, 3.8) is 0 Å². The van der Waals surface area contributed by atoms with E-state index in [1.807, 2.05) is 0 Å². The quantitative estimate of drug-likeness (QED) is 0.731. The zero-order valence-corrected chi connectivity index (χ0v) is 9.22. The van der Waals surface area contributed by atoms with Crippen molar-refractivity contribution in [3.05, 3.63) is 16.4 Å². The SMILES string of the molecule is Clc1nc(N2CCCC2)nc2c1CNC2. The first-order chi connectivity index (χ1) is 7.34. The lowest BCUT2D eigenvalue weighted by Gasteiger charge is -2.16. The molecule has 0 radical (unpaired) electrons. The standard InChI is InChI=1S/C10H13ClN4/c11-9-7-5-12-6-8(7)13-10(14-9)15-3-1-2-4-15/h12H,1-6H2. The number of aromatic nitrogens is 2. The Hall–Kier alpha value is -0.870. The van der Waals surface area contributed by atoms with Crippen LogP contribution in [-0.4, -0.2) is 23.1 Å². The van der Waals surface area contributed by atoms with E-state index in [-0.39, 0.29) is 0 Å². The predicted molar refractivity (Wildman–Crippen MR) is 59.0 cm³/mol. The van der Waals surface area contributed by atoms with Gasteiger partial charge in [0.1, 0.15) is 5.15 Å². The van der Waals surface area contributed by atoms with Gasteiger partial charge in [0.25, 0.3) is 0 Å². The summed E-state index contributed by atoms with van der Waals surface area (Å²) >= 11 is 6.14. The minimum absolute atomic E-state index is 0.618. The average molecular weight is 225 g/mol. The molecule has 2 aliphatic heterocycles. The van der Waals surface area contributed by atoms with Gasteiger partial charge in [-0.3, -0.25) is 0 Å². The van der Waals surface area contributed by atoms with E-state index in [4.69, 9.17) is 11.6 Å². The first-order valence-corrected chi connectivity index (χ1v) is 5.73. The Morgan fingerprint density at radius 3 is 2.73 bits per heavy atom. The molecule has 1 aromatic rings. The molecule has 0 aromatic carbocycles. The fourth-order valence-corrected chi connectivity index (χ4v) is 2.42. The van der Waals surface area contributed by atoms with Gasteiger partial charge >= 0.3 is 0 Å². The molecule has 1 aromatic heterocycles. The monoisotopic (exact) mass is 224 g/mol.